The van der Waals surface area contributed by atoms with Crippen molar-refractivity contribution in [3.8, 4) is 0 Å². The lowest BCUT2D eigenvalue weighted by atomic mass is 9.90. The summed E-state index contributed by atoms with van der Waals surface area (Å²) < 4.78 is 6.24. The molecule has 2 unspecified atom stereocenters. The van der Waals surface area contributed by atoms with Gasteiger partial charge in [0.25, 0.3) is 0 Å². The summed E-state index contributed by atoms with van der Waals surface area (Å²) in [5.74, 6) is 0.658. The van der Waals surface area contributed by atoms with Crippen LogP contribution in [0.15, 0.2) is 45.5 Å². The molecule has 3 N–H and O–H groups in total. The highest BCUT2D eigenvalue weighted by Gasteiger charge is 2.22. The highest BCUT2D eigenvalue weighted by atomic mass is 79.9. The molecule has 2 rings (SSSR count). The van der Waals surface area contributed by atoms with Crippen LogP contribution in [-0.2, 0) is 0 Å². The van der Waals surface area contributed by atoms with Gasteiger partial charge >= 0.3 is 0 Å². The highest BCUT2D eigenvalue weighted by molar-refractivity contribution is 9.10. The molecule has 96 valence electrons. The van der Waals surface area contributed by atoms with Gasteiger partial charge in [-0.3, -0.25) is 0 Å². The van der Waals surface area contributed by atoms with Crippen LogP contribution in [0.25, 0.3) is 0 Å². The van der Waals surface area contributed by atoms with Gasteiger partial charge in [-0.2, -0.15) is 0 Å². The predicted octanol–water partition coefficient (Wildman–Crippen LogP) is 3.13. The van der Waals surface area contributed by atoms with Gasteiger partial charge in [-0.15, -0.1) is 0 Å². The number of aliphatic hydroxyl groups excluding tert-OH is 1. The SMILES string of the molecule is Cc1cc(C(O)C(CN)c2ccc(Br)cc2)co1. The zero-order chi connectivity index (χ0) is 13.1. The second-order valence-corrected chi connectivity index (χ2v) is 5.24. The molecule has 3 nitrogen and oxygen atoms in total. The maximum atomic E-state index is 10.4. The van der Waals surface area contributed by atoms with E-state index in [1.165, 1.54) is 0 Å². The molecule has 4 heteroatoms. The van der Waals surface area contributed by atoms with E-state index in [1.54, 1.807) is 6.26 Å². The number of halogens is 1. The number of nitrogens with two attached hydrogens (primary N) is 1. The van der Waals surface area contributed by atoms with Crippen molar-refractivity contribution in [2.24, 2.45) is 5.73 Å². The van der Waals surface area contributed by atoms with Crippen molar-refractivity contribution in [3.63, 3.8) is 0 Å². The van der Waals surface area contributed by atoms with Crippen LogP contribution in [0.3, 0.4) is 0 Å². The van der Waals surface area contributed by atoms with Gasteiger partial charge in [0.15, 0.2) is 0 Å². The first-order valence-electron chi connectivity index (χ1n) is 5.80. The minimum Gasteiger partial charge on any atom is -0.469 e. The predicted molar refractivity (Wildman–Crippen MR) is 74.3 cm³/mol. The summed E-state index contributed by atoms with van der Waals surface area (Å²) in [5.41, 5.74) is 7.58. The Balaban J connectivity index is 2.25. The maximum Gasteiger partial charge on any atom is 0.101 e. The standard InChI is InChI=1S/C14H16BrNO2/c1-9-6-11(8-18-9)14(17)13(7-16)10-2-4-12(15)5-3-10/h2-6,8,13-14,17H,7,16H2,1H3. The summed E-state index contributed by atoms with van der Waals surface area (Å²) in [4.78, 5) is 0. The number of hydrogen-bond acceptors (Lipinski definition) is 3. The van der Waals surface area contributed by atoms with Gasteiger partial charge in [0.05, 0.1) is 12.4 Å². The molecule has 18 heavy (non-hydrogen) atoms. The van der Waals surface area contributed by atoms with E-state index >= 15 is 0 Å². The van der Waals surface area contributed by atoms with Gasteiger partial charge in [-0.1, -0.05) is 28.1 Å². The Morgan fingerprint density at radius 2 is 1.94 bits per heavy atom. The second-order valence-electron chi connectivity index (χ2n) is 4.33. The normalized spacial score (nSPS) is 14.4. The van der Waals surface area contributed by atoms with Crippen LogP contribution in [0, 0.1) is 6.92 Å². The molecule has 1 aromatic heterocycles. The summed E-state index contributed by atoms with van der Waals surface area (Å²) in [6, 6.07) is 9.68. The Labute approximate surface area is 115 Å². The molecule has 2 atom stereocenters. The Kier molecular flexibility index (Phi) is 4.22. The third-order valence-corrected chi connectivity index (χ3v) is 3.55. The largest absolute Gasteiger partial charge is 0.469 e. The number of aliphatic hydroxyl groups is 1. The summed E-state index contributed by atoms with van der Waals surface area (Å²) >= 11 is 3.39. The molecular formula is C14H16BrNO2. The van der Waals surface area contributed by atoms with Crippen molar-refractivity contribution in [1.82, 2.24) is 0 Å². The molecule has 0 saturated heterocycles. The lowest BCUT2D eigenvalue weighted by Gasteiger charge is -2.21. The fourth-order valence-corrected chi connectivity index (χ4v) is 2.27. The lowest BCUT2D eigenvalue weighted by molar-refractivity contribution is 0.146. The Morgan fingerprint density at radius 3 is 2.44 bits per heavy atom. The summed E-state index contributed by atoms with van der Waals surface area (Å²) in [7, 11) is 0. The second kappa shape index (κ2) is 5.69. The van der Waals surface area contributed by atoms with Crippen molar-refractivity contribution in [3.05, 3.63) is 58.0 Å². The fourth-order valence-electron chi connectivity index (χ4n) is 2.01. The van der Waals surface area contributed by atoms with E-state index in [0.717, 1.165) is 21.4 Å². The number of aryl methyl sites for hydroxylation is 1. The number of hydrogen-bond donors (Lipinski definition) is 2. The maximum absolute atomic E-state index is 10.4. The van der Waals surface area contributed by atoms with Crippen LogP contribution < -0.4 is 5.73 Å². The smallest absolute Gasteiger partial charge is 0.101 e. The van der Waals surface area contributed by atoms with Crippen LogP contribution in [0.4, 0.5) is 0 Å². The van der Waals surface area contributed by atoms with E-state index in [9.17, 15) is 5.11 Å². The molecule has 2 aromatic rings. The van der Waals surface area contributed by atoms with Gasteiger partial charge in [-0.05, 0) is 30.7 Å². The van der Waals surface area contributed by atoms with E-state index in [-0.39, 0.29) is 5.92 Å². The average molecular weight is 310 g/mol. The van der Waals surface area contributed by atoms with Gasteiger partial charge in [0, 0.05) is 22.5 Å². The molecule has 1 aromatic carbocycles. The molecule has 1 heterocycles. The molecule has 0 aliphatic heterocycles. The summed E-state index contributed by atoms with van der Waals surface area (Å²) in [6.07, 6.45) is 0.940. The molecule has 0 amide bonds. The lowest BCUT2D eigenvalue weighted by Crippen LogP contribution is -2.19. The molecule has 0 saturated carbocycles. The molecule has 0 radical (unpaired) electrons. The number of rotatable bonds is 4. The quantitative estimate of drug-likeness (QED) is 0.912. The first kappa shape index (κ1) is 13.3. The minimum absolute atomic E-state index is 0.130. The van der Waals surface area contributed by atoms with Crippen LogP contribution >= 0.6 is 15.9 Å². The van der Waals surface area contributed by atoms with Crippen LogP contribution in [0.1, 0.15) is 28.9 Å². The molecule has 0 spiro atoms. The monoisotopic (exact) mass is 309 g/mol. The molecular weight excluding hydrogens is 294 g/mol. The van der Waals surface area contributed by atoms with E-state index in [1.807, 2.05) is 37.3 Å². The average Bonchev–Trinajstić information content (AvgIpc) is 2.79. The Morgan fingerprint density at radius 1 is 1.28 bits per heavy atom. The van der Waals surface area contributed by atoms with E-state index in [0.29, 0.717) is 6.54 Å². The summed E-state index contributed by atoms with van der Waals surface area (Å²) in [5, 5.41) is 10.4. The van der Waals surface area contributed by atoms with E-state index < -0.39 is 6.10 Å². The van der Waals surface area contributed by atoms with Crippen LogP contribution in [0.2, 0.25) is 0 Å². The van der Waals surface area contributed by atoms with Crippen molar-refractivity contribution >= 4 is 15.9 Å². The van der Waals surface area contributed by atoms with E-state index in [4.69, 9.17) is 10.2 Å². The van der Waals surface area contributed by atoms with Gasteiger partial charge in [-0.25, -0.2) is 0 Å². The molecule has 0 aliphatic carbocycles. The van der Waals surface area contributed by atoms with E-state index in [2.05, 4.69) is 15.9 Å². The van der Waals surface area contributed by atoms with Crippen LogP contribution in [0.5, 0.6) is 0 Å². The van der Waals surface area contributed by atoms with Gasteiger partial charge < -0.3 is 15.3 Å². The topological polar surface area (TPSA) is 59.4 Å². The molecule has 0 aliphatic rings. The zero-order valence-corrected chi connectivity index (χ0v) is 11.7. The highest BCUT2D eigenvalue weighted by Crippen LogP contribution is 2.31. The first-order chi connectivity index (χ1) is 8.61. The Bertz CT molecular complexity index is 507. The Hall–Kier alpha value is -1.10. The number of benzene rings is 1. The molecule has 0 bridgehead atoms. The molecule has 0 fully saturated rings. The third-order valence-electron chi connectivity index (χ3n) is 3.03. The zero-order valence-electron chi connectivity index (χ0n) is 10.1. The minimum atomic E-state index is -0.645. The van der Waals surface area contributed by atoms with Gasteiger partial charge in [0.2, 0.25) is 0 Å². The van der Waals surface area contributed by atoms with Crippen molar-refractivity contribution < 1.29 is 9.52 Å². The summed E-state index contributed by atoms with van der Waals surface area (Å²) in [6.45, 7) is 2.24. The van der Waals surface area contributed by atoms with Crippen molar-refractivity contribution in [1.29, 1.82) is 0 Å². The van der Waals surface area contributed by atoms with Crippen molar-refractivity contribution in [2.45, 2.75) is 18.9 Å². The first-order valence-corrected chi connectivity index (χ1v) is 6.59. The van der Waals surface area contributed by atoms with Crippen LogP contribution in [-0.4, -0.2) is 11.7 Å². The fraction of sp³-hybridized carbons (Fsp3) is 0.286. The van der Waals surface area contributed by atoms with Crippen molar-refractivity contribution in [2.75, 3.05) is 6.54 Å². The number of furan rings is 1. The third kappa shape index (κ3) is 2.83. The van der Waals surface area contributed by atoms with Gasteiger partial charge in [0.1, 0.15) is 5.76 Å².